The van der Waals surface area contributed by atoms with Crippen LogP contribution in [-0.4, -0.2) is 40.6 Å². The number of fused-ring (bicyclic) bond motifs is 1. The number of rotatable bonds is 6. The number of carbonyl (C=O) groups excluding carboxylic acids is 1. The van der Waals surface area contributed by atoms with Crippen molar-refractivity contribution in [3.05, 3.63) is 69.0 Å². The summed E-state index contributed by atoms with van der Waals surface area (Å²) in [7, 11) is -2.57. The van der Waals surface area contributed by atoms with Gasteiger partial charge in [-0.1, -0.05) is 29.3 Å². The summed E-state index contributed by atoms with van der Waals surface area (Å²) < 4.78 is 45.1. The highest BCUT2D eigenvalue weighted by atomic mass is 35.5. The summed E-state index contributed by atoms with van der Waals surface area (Å²) in [6, 6.07) is 4.11. The molecule has 0 saturated carbocycles. The van der Waals surface area contributed by atoms with Crippen molar-refractivity contribution in [3.8, 4) is 0 Å². The lowest BCUT2D eigenvalue weighted by Gasteiger charge is -2.19. The summed E-state index contributed by atoms with van der Waals surface area (Å²) in [6.45, 7) is 1.40. The van der Waals surface area contributed by atoms with Crippen molar-refractivity contribution in [2.45, 2.75) is 37.6 Å². The van der Waals surface area contributed by atoms with Crippen molar-refractivity contribution in [1.29, 1.82) is 0 Å². The highest BCUT2D eigenvalue weighted by Gasteiger charge is 2.25. The van der Waals surface area contributed by atoms with Crippen LogP contribution in [0, 0.1) is 6.92 Å². The van der Waals surface area contributed by atoms with Crippen LogP contribution in [0.5, 0.6) is 0 Å². The van der Waals surface area contributed by atoms with Crippen LogP contribution in [0.4, 0.5) is 9.18 Å². The molecule has 0 fully saturated rings. The van der Waals surface area contributed by atoms with E-state index in [0.29, 0.717) is 40.0 Å². The van der Waals surface area contributed by atoms with Crippen LogP contribution >= 0.6 is 23.2 Å². The third-order valence-electron chi connectivity index (χ3n) is 5.85. The first-order chi connectivity index (χ1) is 16.6. The Hall–Kier alpha value is -2.89. The summed E-state index contributed by atoms with van der Waals surface area (Å²) in [5.74, 6) is -0.569. The maximum Gasteiger partial charge on any atom is 0.329 e. The summed E-state index contributed by atoms with van der Waals surface area (Å²) >= 11 is 12.3. The van der Waals surface area contributed by atoms with Gasteiger partial charge in [-0.3, -0.25) is 9.36 Å². The van der Waals surface area contributed by atoms with Crippen LogP contribution in [0.1, 0.15) is 35.4 Å². The molecule has 0 unspecified atom stereocenters. The molecule has 9 nitrogen and oxygen atoms in total. The van der Waals surface area contributed by atoms with E-state index in [-0.39, 0.29) is 4.90 Å². The molecule has 1 aromatic carbocycles. The molecule has 0 saturated heterocycles. The second kappa shape index (κ2) is 10.00. The maximum absolute atomic E-state index is 15.3. The van der Waals surface area contributed by atoms with Gasteiger partial charge in [0.05, 0.1) is 36.9 Å². The van der Waals surface area contributed by atoms with E-state index in [9.17, 15) is 13.2 Å². The molecule has 3 aromatic rings. The van der Waals surface area contributed by atoms with Gasteiger partial charge in [0.2, 0.25) is 0 Å². The average molecular weight is 541 g/mol. The van der Waals surface area contributed by atoms with E-state index in [0.717, 1.165) is 30.2 Å². The number of allylic oxidation sites excluding steroid dienone is 1. The fourth-order valence-corrected chi connectivity index (χ4v) is 5.55. The van der Waals surface area contributed by atoms with E-state index in [2.05, 4.69) is 15.5 Å². The van der Waals surface area contributed by atoms with E-state index in [4.69, 9.17) is 23.2 Å². The van der Waals surface area contributed by atoms with Crippen molar-refractivity contribution in [3.63, 3.8) is 0 Å². The minimum Gasteiger partial charge on any atom is -0.331 e. The molecule has 0 bridgehead atoms. The van der Waals surface area contributed by atoms with Crippen molar-refractivity contribution in [2.24, 2.45) is 7.05 Å². The number of nitrogens with zero attached hydrogens (tertiary/aromatic N) is 4. The van der Waals surface area contributed by atoms with Crippen LogP contribution in [-0.2, 0) is 30.0 Å². The molecular formula is C22H23Cl2FN6O3S. The lowest BCUT2D eigenvalue weighted by Crippen LogP contribution is -2.40. The number of amides is 2. The predicted molar refractivity (Wildman–Crippen MR) is 130 cm³/mol. The number of hydrogen-bond acceptors (Lipinski definition) is 5. The minimum absolute atomic E-state index is 0.129. The molecule has 2 N–H and O–H groups in total. The summed E-state index contributed by atoms with van der Waals surface area (Å²) in [5.41, 5.74) is 3.09. The van der Waals surface area contributed by atoms with Gasteiger partial charge < -0.3 is 5.32 Å². The second-order valence-corrected chi connectivity index (χ2v) is 10.6. The molecule has 1 aliphatic carbocycles. The van der Waals surface area contributed by atoms with E-state index < -0.39 is 28.4 Å². The average Bonchev–Trinajstić information content (AvgIpc) is 3.37. The van der Waals surface area contributed by atoms with Gasteiger partial charge in [0.15, 0.2) is 0 Å². The Morgan fingerprint density at radius 2 is 1.97 bits per heavy atom. The van der Waals surface area contributed by atoms with Crippen molar-refractivity contribution < 1.29 is 17.6 Å². The summed E-state index contributed by atoms with van der Waals surface area (Å²) in [6.07, 6.45) is 4.77. The van der Waals surface area contributed by atoms with Gasteiger partial charge in [0, 0.05) is 22.7 Å². The maximum atomic E-state index is 15.3. The number of benzene rings is 1. The minimum atomic E-state index is -4.15. The highest BCUT2D eigenvalue weighted by Crippen LogP contribution is 2.34. The number of nitrogens with one attached hydrogen (secondary N) is 2. The van der Waals surface area contributed by atoms with Gasteiger partial charge in [0.25, 0.3) is 10.0 Å². The SMILES string of the molecule is Cc1c(S(=O)(=O)NC(=O)NCC(F)=C2CCCc3cnn(Cc4ccc(Cl)cc4Cl)c32)cnn1C. The van der Waals surface area contributed by atoms with Crippen molar-refractivity contribution >= 4 is 44.8 Å². The first-order valence-corrected chi connectivity index (χ1v) is 13.0. The third-order valence-corrected chi connectivity index (χ3v) is 7.87. The number of hydrogen-bond donors (Lipinski definition) is 2. The van der Waals surface area contributed by atoms with E-state index in [1.807, 2.05) is 4.72 Å². The molecule has 4 rings (SSSR count). The number of aromatic nitrogens is 4. The Bertz CT molecular complexity index is 1430. The van der Waals surface area contributed by atoms with E-state index in [1.165, 1.54) is 4.68 Å². The molecule has 0 aliphatic heterocycles. The molecule has 0 atom stereocenters. The zero-order valence-corrected chi connectivity index (χ0v) is 21.3. The first kappa shape index (κ1) is 25.2. The zero-order chi connectivity index (χ0) is 25.3. The van der Waals surface area contributed by atoms with Crippen molar-refractivity contribution in [1.82, 2.24) is 29.6 Å². The molecule has 0 spiro atoms. The Morgan fingerprint density at radius 3 is 2.66 bits per heavy atom. The Balaban J connectivity index is 1.50. The highest BCUT2D eigenvalue weighted by molar-refractivity contribution is 7.90. The smallest absolute Gasteiger partial charge is 0.329 e. The lowest BCUT2D eigenvalue weighted by molar-refractivity contribution is 0.246. The molecule has 186 valence electrons. The Kier molecular flexibility index (Phi) is 7.20. The quantitative estimate of drug-likeness (QED) is 0.491. The number of urea groups is 1. The second-order valence-electron chi connectivity index (χ2n) is 8.15. The lowest BCUT2D eigenvalue weighted by atomic mass is 9.92. The number of aryl methyl sites for hydroxylation is 2. The molecule has 2 amide bonds. The van der Waals surface area contributed by atoms with Crippen molar-refractivity contribution in [2.75, 3.05) is 6.54 Å². The largest absolute Gasteiger partial charge is 0.331 e. The van der Waals surface area contributed by atoms with Crippen LogP contribution in [0.2, 0.25) is 10.0 Å². The van der Waals surface area contributed by atoms with E-state index >= 15 is 4.39 Å². The molecule has 35 heavy (non-hydrogen) atoms. The summed E-state index contributed by atoms with van der Waals surface area (Å²) in [4.78, 5) is 12.1. The predicted octanol–water partition coefficient (Wildman–Crippen LogP) is 3.99. The summed E-state index contributed by atoms with van der Waals surface area (Å²) in [5, 5.41) is 11.6. The van der Waals surface area contributed by atoms with Crippen LogP contribution in [0.3, 0.4) is 0 Å². The van der Waals surface area contributed by atoms with Gasteiger partial charge in [-0.2, -0.15) is 10.2 Å². The van der Waals surface area contributed by atoms with Gasteiger partial charge in [-0.15, -0.1) is 0 Å². The molecular weight excluding hydrogens is 518 g/mol. The van der Waals surface area contributed by atoms with Crippen LogP contribution in [0.25, 0.3) is 5.57 Å². The third kappa shape index (κ3) is 5.36. The monoisotopic (exact) mass is 540 g/mol. The van der Waals surface area contributed by atoms with Gasteiger partial charge in [-0.05, 0) is 49.4 Å². The fraction of sp³-hybridized carbons (Fsp3) is 0.318. The van der Waals surface area contributed by atoms with Crippen LogP contribution in [0.15, 0.2) is 41.3 Å². The first-order valence-electron chi connectivity index (χ1n) is 10.7. The molecule has 2 heterocycles. The Labute approximate surface area is 212 Å². The molecule has 2 aromatic heterocycles. The number of halogens is 3. The van der Waals surface area contributed by atoms with Gasteiger partial charge in [-0.25, -0.2) is 22.3 Å². The Morgan fingerprint density at radius 1 is 1.20 bits per heavy atom. The van der Waals surface area contributed by atoms with Gasteiger partial charge >= 0.3 is 6.03 Å². The molecule has 1 aliphatic rings. The molecule has 13 heteroatoms. The van der Waals surface area contributed by atoms with E-state index in [1.54, 1.807) is 43.0 Å². The van der Waals surface area contributed by atoms with Crippen LogP contribution < -0.4 is 10.0 Å². The van der Waals surface area contributed by atoms with Gasteiger partial charge in [0.1, 0.15) is 10.7 Å². The topological polar surface area (TPSA) is 111 Å². The standard InChI is InChI=1S/C22H23Cl2FN6O3S/c1-13-20(11-27-30(13)2)35(33,34)29-22(32)26-10-19(25)17-5-3-4-14-9-28-31(21(14)17)12-15-6-7-16(23)8-18(15)24/h6-9,11H,3-5,10,12H2,1-2H3,(H2,26,29,32). The molecule has 0 radical (unpaired) electrons. The fourth-order valence-electron chi connectivity index (χ4n) is 3.95. The number of sulfonamides is 1. The number of carbonyl (C=O) groups is 1. The zero-order valence-electron chi connectivity index (χ0n) is 19.0. The normalized spacial score (nSPS) is 15.0.